The highest BCUT2D eigenvalue weighted by Gasteiger charge is 2.29. The van der Waals surface area contributed by atoms with Gasteiger partial charge in [0.2, 0.25) is 0 Å². The maximum absolute atomic E-state index is 13.7. The summed E-state index contributed by atoms with van der Waals surface area (Å²) in [5.74, 6) is -1.89. The van der Waals surface area contributed by atoms with E-state index in [1.54, 1.807) is 6.07 Å². The number of carbonyl (C=O) groups is 1. The van der Waals surface area contributed by atoms with Crippen LogP contribution in [-0.4, -0.2) is 29.6 Å². The summed E-state index contributed by atoms with van der Waals surface area (Å²) >= 11 is 0. The molecule has 0 bridgehead atoms. The third-order valence-corrected chi connectivity index (χ3v) is 5.42. The van der Waals surface area contributed by atoms with Crippen LogP contribution in [0.2, 0.25) is 0 Å². The van der Waals surface area contributed by atoms with Gasteiger partial charge in [-0.05, 0) is 64.4 Å². The van der Waals surface area contributed by atoms with E-state index in [-0.39, 0.29) is 36.3 Å². The molecule has 2 heterocycles. The molecule has 28 heavy (non-hydrogen) atoms. The zero-order chi connectivity index (χ0) is 19.7. The molecule has 4 nitrogen and oxygen atoms in total. The van der Waals surface area contributed by atoms with Crippen molar-refractivity contribution in [2.75, 3.05) is 13.1 Å². The molecule has 1 aliphatic rings. The van der Waals surface area contributed by atoms with Gasteiger partial charge in [0.25, 0.3) is 5.91 Å². The summed E-state index contributed by atoms with van der Waals surface area (Å²) < 4.78 is 29.1. The van der Waals surface area contributed by atoms with Crippen molar-refractivity contribution in [3.05, 3.63) is 58.4 Å². The van der Waals surface area contributed by atoms with E-state index < -0.39 is 11.6 Å². The van der Waals surface area contributed by atoms with Crippen LogP contribution >= 0.6 is 12.4 Å². The second-order valence-electron chi connectivity index (χ2n) is 7.60. The Kier molecular flexibility index (Phi) is 7.23. The fourth-order valence-electron chi connectivity index (χ4n) is 4.20. The number of aryl methyl sites for hydroxylation is 1. The number of rotatable bonds is 4. The van der Waals surface area contributed by atoms with Crippen molar-refractivity contribution in [2.24, 2.45) is 0 Å². The van der Waals surface area contributed by atoms with Crippen molar-refractivity contribution in [1.82, 2.24) is 15.2 Å². The van der Waals surface area contributed by atoms with E-state index in [4.69, 9.17) is 0 Å². The van der Waals surface area contributed by atoms with E-state index in [9.17, 15) is 13.6 Å². The Morgan fingerprint density at radius 1 is 1.21 bits per heavy atom. The minimum atomic E-state index is -0.852. The van der Waals surface area contributed by atoms with Crippen molar-refractivity contribution < 1.29 is 13.6 Å². The summed E-state index contributed by atoms with van der Waals surface area (Å²) in [6.07, 6.45) is 0.751. The van der Waals surface area contributed by atoms with Crippen LogP contribution in [0.15, 0.2) is 24.3 Å². The Morgan fingerprint density at radius 3 is 2.54 bits per heavy atom. The highest BCUT2D eigenvalue weighted by atomic mass is 35.5. The summed E-state index contributed by atoms with van der Waals surface area (Å²) in [4.78, 5) is 12.9. The number of halogens is 3. The van der Waals surface area contributed by atoms with Crippen LogP contribution < -0.4 is 10.6 Å². The van der Waals surface area contributed by atoms with E-state index in [1.807, 2.05) is 19.9 Å². The molecule has 1 fully saturated rings. The SMILES string of the molecule is Cc1cc(C(=O)NC2CNCCC2c2ccc(F)c(F)c2)c(C)n1C(C)C.Cl. The third kappa shape index (κ3) is 4.39. The topological polar surface area (TPSA) is 46.1 Å². The van der Waals surface area contributed by atoms with E-state index >= 15 is 0 Å². The number of carbonyl (C=O) groups excluding carboxylic acids is 1. The first kappa shape index (κ1) is 22.4. The van der Waals surface area contributed by atoms with Gasteiger partial charge in [-0.1, -0.05) is 6.07 Å². The maximum Gasteiger partial charge on any atom is 0.253 e. The van der Waals surface area contributed by atoms with Gasteiger partial charge in [-0.2, -0.15) is 0 Å². The molecular weight excluding hydrogens is 384 g/mol. The van der Waals surface area contributed by atoms with Crippen molar-refractivity contribution in [3.8, 4) is 0 Å². The minimum Gasteiger partial charge on any atom is -0.347 e. The molecule has 7 heteroatoms. The predicted octanol–water partition coefficient (Wildman–Crippen LogP) is 4.26. The van der Waals surface area contributed by atoms with Crippen LogP contribution in [0.1, 0.15) is 59.5 Å². The van der Waals surface area contributed by atoms with Gasteiger partial charge in [0.1, 0.15) is 0 Å². The number of hydrogen-bond acceptors (Lipinski definition) is 2. The molecule has 0 radical (unpaired) electrons. The van der Waals surface area contributed by atoms with Crippen LogP contribution in [0.3, 0.4) is 0 Å². The number of benzene rings is 1. The molecule has 1 amide bonds. The Bertz CT molecular complexity index is 850. The first-order valence-corrected chi connectivity index (χ1v) is 9.44. The van der Waals surface area contributed by atoms with E-state index in [0.717, 1.165) is 30.4 Å². The standard InChI is InChI=1S/C21H27F2N3O.ClH/c1-12(2)26-13(3)9-17(14(26)4)21(27)25-20-11-24-8-7-16(20)15-5-6-18(22)19(23)10-15;/h5-6,9-10,12,16,20,24H,7-8,11H2,1-4H3,(H,25,27);1H. The number of nitrogens with one attached hydrogen (secondary N) is 2. The van der Waals surface area contributed by atoms with Crippen LogP contribution in [0, 0.1) is 25.5 Å². The van der Waals surface area contributed by atoms with Gasteiger partial charge in [-0.3, -0.25) is 4.79 Å². The highest BCUT2D eigenvalue weighted by Crippen LogP contribution is 2.28. The molecule has 0 saturated carbocycles. The monoisotopic (exact) mass is 411 g/mol. The third-order valence-electron chi connectivity index (χ3n) is 5.42. The van der Waals surface area contributed by atoms with Crippen molar-refractivity contribution in [1.29, 1.82) is 0 Å². The van der Waals surface area contributed by atoms with Crippen molar-refractivity contribution in [2.45, 2.75) is 52.1 Å². The Morgan fingerprint density at radius 2 is 1.93 bits per heavy atom. The molecule has 2 aromatic rings. The Hall–Kier alpha value is -1.92. The quantitative estimate of drug-likeness (QED) is 0.789. The van der Waals surface area contributed by atoms with E-state index in [0.29, 0.717) is 17.7 Å². The predicted molar refractivity (Wildman–Crippen MR) is 109 cm³/mol. The molecule has 2 N–H and O–H groups in total. The first-order chi connectivity index (χ1) is 12.8. The molecule has 0 aliphatic carbocycles. The number of nitrogens with zero attached hydrogens (tertiary/aromatic N) is 1. The zero-order valence-corrected chi connectivity index (χ0v) is 17.5. The number of hydrogen-bond donors (Lipinski definition) is 2. The van der Waals surface area contributed by atoms with Crippen molar-refractivity contribution >= 4 is 18.3 Å². The maximum atomic E-state index is 13.7. The normalized spacial score (nSPS) is 19.4. The summed E-state index contributed by atoms with van der Waals surface area (Å²) in [6.45, 7) is 9.50. The molecule has 0 spiro atoms. The smallest absolute Gasteiger partial charge is 0.253 e. The number of piperidine rings is 1. The Balaban J connectivity index is 0.00000280. The molecule has 1 saturated heterocycles. The summed E-state index contributed by atoms with van der Waals surface area (Å²) in [6, 6.07) is 6.01. The fourth-order valence-corrected chi connectivity index (χ4v) is 4.20. The fraction of sp³-hybridized carbons (Fsp3) is 0.476. The van der Waals surface area contributed by atoms with Gasteiger partial charge in [0.05, 0.1) is 5.56 Å². The molecule has 2 atom stereocenters. The second kappa shape index (κ2) is 9.05. The average molecular weight is 412 g/mol. The average Bonchev–Trinajstić information content (AvgIpc) is 2.92. The second-order valence-corrected chi connectivity index (χ2v) is 7.60. The van der Waals surface area contributed by atoms with Gasteiger partial charge in [0.15, 0.2) is 11.6 Å². The highest BCUT2D eigenvalue weighted by molar-refractivity contribution is 5.96. The van der Waals surface area contributed by atoms with Gasteiger partial charge in [-0.25, -0.2) is 8.78 Å². The van der Waals surface area contributed by atoms with E-state index in [1.165, 1.54) is 6.07 Å². The first-order valence-electron chi connectivity index (χ1n) is 9.44. The molecule has 2 unspecified atom stereocenters. The largest absolute Gasteiger partial charge is 0.347 e. The lowest BCUT2D eigenvalue weighted by Gasteiger charge is -2.33. The van der Waals surface area contributed by atoms with Crippen LogP contribution in [0.25, 0.3) is 0 Å². The van der Waals surface area contributed by atoms with Gasteiger partial charge in [-0.15, -0.1) is 12.4 Å². The summed E-state index contributed by atoms with van der Waals surface area (Å²) in [7, 11) is 0. The Labute approximate surface area is 171 Å². The minimum absolute atomic E-state index is 0. The summed E-state index contributed by atoms with van der Waals surface area (Å²) in [5.41, 5.74) is 3.36. The van der Waals surface area contributed by atoms with E-state index in [2.05, 4.69) is 29.0 Å². The number of aromatic nitrogens is 1. The van der Waals surface area contributed by atoms with Gasteiger partial charge in [0, 0.05) is 35.9 Å². The van der Waals surface area contributed by atoms with Crippen LogP contribution in [-0.2, 0) is 0 Å². The lowest BCUT2D eigenvalue weighted by atomic mass is 9.85. The molecule has 1 aromatic carbocycles. The molecule has 3 rings (SSSR count). The van der Waals surface area contributed by atoms with Crippen LogP contribution in [0.4, 0.5) is 8.78 Å². The molecule has 1 aromatic heterocycles. The van der Waals surface area contributed by atoms with Gasteiger partial charge < -0.3 is 15.2 Å². The summed E-state index contributed by atoms with van der Waals surface area (Å²) in [5, 5.41) is 6.39. The van der Waals surface area contributed by atoms with Crippen LogP contribution in [0.5, 0.6) is 0 Å². The molecular formula is C21H28ClF2N3O. The zero-order valence-electron chi connectivity index (χ0n) is 16.7. The lowest BCUT2D eigenvalue weighted by molar-refractivity contribution is 0.0923. The molecule has 1 aliphatic heterocycles. The molecule has 154 valence electrons. The lowest BCUT2D eigenvalue weighted by Crippen LogP contribution is -2.50. The number of amides is 1. The van der Waals surface area contributed by atoms with Gasteiger partial charge >= 0.3 is 0 Å². The van der Waals surface area contributed by atoms with Crippen molar-refractivity contribution in [3.63, 3.8) is 0 Å².